The minimum Gasteiger partial charge on any atom is -0.394 e. The Balaban J connectivity index is 1.60. The molecule has 4 aliphatic carbocycles. The van der Waals surface area contributed by atoms with Crippen LogP contribution in [0.5, 0.6) is 0 Å². The molecule has 4 aliphatic rings. The highest BCUT2D eigenvalue weighted by molar-refractivity contribution is 6.02. The zero-order valence-corrected chi connectivity index (χ0v) is 10.8. The van der Waals surface area contributed by atoms with Crippen LogP contribution in [0.2, 0.25) is 0 Å². The molecule has 4 rings (SSSR count). The molecule has 0 spiro atoms. The van der Waals surface area contributed by atoms with Gasteiger partial charge in [0.1, 0.15) is 0 Å². The second-order valence-corrected chi connectivity index (χ2v) is 6.00. The number of aliphatic hydroxyl groups is 1. The third kappa shape index (κ3) is 1.58. The molecule has 0 saturated heterocycles. The largest absolute Gasteiger partial charge is 0.394 e. The molecule has 0 aromatic heterocycles. The van der Waals surface area contributed by atoms with E-state index in [-0.39, 0.29) is 18.1 Å². The van der Waals surface area contributed by atoms with Crippen LogP contribution in [-0.4, -0.2) is 23.2 Å². The summed E-state index contributed by atoms with van der Waals surface area (Å²) in [5.74, 6) is -0.0315. The molecule has 0 atom stereocenters. The molecule has 0 heterocycles. The molecular formula is C16H17NO2. The van der Waals surface area contributed by atoms with Crippen LogP contribution in [0.1, 0.15) is 32.1 Å². The third-order valence-corrected chi connectivity index (χ3v) is 4.76. The summed E-state index contributed by atoms with van der Waals surface area (Å²) in [6, 6.07) is 0. The fourth-order valence-electron chi connectivity index (χ4n) is 3.52. The molecule has 3 heteroatoms. The number of nitrogens with one attached hydrogen (secondary N) is 1. The van der Waals surface area contributed by atoms with Gasteiger partial charge in [-0.3, -0.25) is 4.79 Å². The van der Waals surface area contributed by atoms with Gasteiger partial charge in [-0.1, -0.05) is 18.9 Å². The lowest BCUT2D eigenvalue weighted by Gasteiger charge is -2.28. The molecule has 98 valence electrons. The molecule has 0 aromatic carbocycles. The Kier molecular flexibility index (Phi) is 2.19. The molecule has 0 aromatic rings. The summed E-state index contributed by atoms with van der Waals surface area (Å²) in [7, 11) is 0. The van der Waals surface area contributed by atoms with Crippen LogP contribution in [-0.2, 0) is 4.79 Å². The topological polar surface area (TPSA) is 49.3 Å². The van der Waals surface area contributed by atoms with Crippen LogP contribution in [0.3, 0.4) is 0 Å². The molecule has 3 nitrogen and oxygen atoms in total. The number of fused-ring (bicyclic) bond motifs is 2. The average Bonchev–Trinajstić information content (AvgIpc) is 2.83. The van der Waals surface area contributed by atoms with E-state index in [9.17, 15) is 9.90 Å². The van der Waals surface area contributed by atoms with Crippen molar-refractivity contribution in [3.63, 3.8) is 0 Å². The second kappa shape index (κ2) is 3.70. The first-order valence-electron chi connectivity index (χ1n) is 7.03. The van der Waals surface area contributed by atoms with E-state index in [0.29, 0.717) is 0 Å². The van der Waals surface area contributed by atoms with Gasteiger partial charge in [-0.25, -0.2) is 0 Å². The number of allylic oxidation sites excluding steroid dienone is 6. The van der Waals surface area contributed by atoms with Crippen molar-refractivity contribution in [2.45, 2.75) is 37.6 Å². The van der Waals surface area contributed by atoms with Crippen molar-refractivity contribution in [3.05, 3.63) is 46.1 Å². The molecule has 19 heavy (non-hydrogen) atoms. The lowest BCUT2D eigenvalue weighted by molar-refractivity contribution is -0.119. The van der Waals surface area contributed by atoms with Gasteiger partial charge in [0, 0.05) is 5.57 Å². The van der Waals surface area contributed by atoms with E-state index in [1.165, 1.54) is 16.7 Å². The summed E-state index contributed by atoms with van der Waals surface area (Å²) < 4.78 is 0. The first-order valence-corrected chi connectivity index (χ1v) is 7.03. The Morgan fingerprint density at radius 3 is 2.79 bits per heavy atom. The number of hydrogen-bond donors (Lipinski definition) is 2. The molecular weight excluding hydrogens is 238 g/mol. The molecule has 2 saturated carbocycles. The number of rotatable bonds is 3. The summed E-state index contributed by atoms with van der Waals surface area (Å²) in [4.78, 5) is 12.4. The highest BCUT2D eigenvalue weighted by atomic mass is 16.3. The SMILES string of the molecule is O=C(NC1(CO)CCCC1)C1=C2C=C3CC3=C2C=C1. The Morgan fingerprint density at radius 2 is 2.05 bits per heavy atom. The van der Waals surface area contributed by atoms with Crippen LogP contribution in [0.25, 0.3) is 0 Å². The molecule has 2 fully saturated rings. The van der Waals surface area contributed by atoms with Gasteiger partial charge in [0.2, 0.25) is 0 Å². The molecule has 0 unspecified atom stereocenters. The number of amides is 1. The first-order chi connectivity index (χ1) is 9.22. The Bertz CT molecular complexity index is 598. The van der Waals surface area contributed by atoms with Crippen molar-refractivity contribution in [3.8, 4) is 0 Å². The maximum Gasteiger partial charge on any atom is 0.252 e. The van der Waals surface area contributed by atoms with E-state index in [4.69, 9.17) is 0 Å². The van der Waals surface area contributed by atoms with Gasteiger partial charge in [0.15, 0.2) is 0 Å². The summed E-state index contributed by atoms with van der Waals surface area (Å²) in [5.41, 5.74) is 5.50. The molecule has 0 radical (unpaired) electrons. The minimum atomic E-state index is -0.386. The van der Waals surface area contributed by atoms with Gasteiger partial charge in [-0.15, -0.1) is 0 Å². The predicted octanol–water partition coefficient (Wildman–Crippen LogP) is 1.91. The molecule has 2 N–H and O–H groups in total. The summed E-state index contributed by atoms with van der Waals surface area (Å²) in [6.45, 7) is 0.0418. The quantitative estimate of drug-likeness (QED) is 0.809. The monoisotopic (exact) mass is 255 g/mol. The van der Waals surface area contributed by atoms with Gasteiger partial charge in [-0.2, -0.15) is 0 Å². The fourth-order valence-corrected chi connectivity index (χ4v) is 3.52. The van der Waals surface area contributed by atoms with Crippen molar-refractivity contribution in [1.82, 2.24) is 5.32 Å². The highest BCUT2D eigenvalue weighted by Crippen LogP contribution is 2.51. The van der Waals surface area contributed by atoms with Gasteiger partial charge >= 0.3 is 0 Å². The summed E-state index contributed by atoms with van der Waals surface area (Å²) in [5, 5.41) is 12.7. The minimum absolute atomic E-state index is 0.0315. The van der Waals surface area contributed by atoms with Gasteiger partial charge < -0.3 is 10.4 Å². The Morgan fingerprint density at radius 1 is 1.26 bits per heavy atom. The smallest absolute Gasteiger partial charge is 0.252 e. The Labute approximate surface area is 112 Å². The van der Waals surface area contributed by atoms with Crippen LogP contribution < -0.4 is 5.32 Å². The molecule has 0 bridgehead atoms. The van der Waals surface area contributed by atoms with Gasteiger partial charge in [-0.05, 0) is 53.7 Å². The van der Waals surface area contributed by atoms with Crippen molar-refractivity contribution >= 4 is 5.91 Å². The van der Waals surface area contributed by atoms with E-state index < -0.39 is 0 Å². The first kappa shape index (κ1) is 11.2. The van der Waals surface area contributed by atoms with E-state index in [2.05, 4.69) is 17.5 Å². The van der Waals surface area contributed by atoms with E-state index in [1.807, 2.05) is 6.08 Å². The lowest BCUT2D eigenvalue weighted by Crippen LogP contribution is -2.49. The maximum atomic E-state index is 12.4. The zero-order valence-electron chi connectivity index (χ0n) is 10.8. The lowest BCUT2D eigenvalue weighted by atomic mass is 9.97. The molecule has 0 aliphatic heterocycles. The third-order valence-electron chi connectivity index (χ3n) is 4.76. The average molecular weight is 255 g/mol. The van der Waals surface area contributed by atoms with Crippen molar-refractivity contribution in [1.29, 1.82) is 0 Å². The number of carbonyl (C=O) groups excluding carboxylic acids is 1. The molecule has 1 amide bonds. The standard InChI is InChI=1S/C16H17NO2/c18-9-16(5-1-2-6-16)17-15(19)12-4-3-11-13-7-10(13)8-14(11)12/h3-4,8,18H,1-2,5-7,9H2,(H,17,19). The van der Waals surface area contributed by atoms with Crippen LogP contribution in [0, 0.1) is 0 Å². The second-order valence-electron chi connectivity index (χ2n) is 6.00. The van der Waals surface area contributed by atoms with Crippen LogP contribution >= 0.6 is 0 Å². The van der Waals surface area contributed by atoms with Gasteiger partial charge in [0.25, 0.3) is 5.91 Å². The van der Waals surface area contributed by atoms with E-state index in [1.54, 1.807) is 0 Å². The van der Waals surface area contributed by atoms with Gasteiger partial charge in [0.05, 0.1) is 12.1 Å². The van der Waals surface area contributed by atoms with E-state index in [0.717, 1.165) is 43.3 Å². The highest BCUT2D eigenvalue weighted by Gasteiger charge is 2.38. The predicted molar refractivity (Wildman–Crippen MR) is 72.3 cm³/mol. The zero-order chi connectivity index (χ0) is 13.0. The van der Waals surface area contributed by atoms with E-state index >= 15 is 0 Å². The Hall–Kier alpha value is -1.61. The van der Waals surface area contributed by atoms with Crippen molar-refractivity contribution < 1.29 is 9.90 Å². The van der Waals surface area contributed by atoms with Crippen LogP contribution in [0.15, 0.2) is 46.1 Å². The number of aliphatic hydroxyl groups excluding tert-OH is 1. The van der Waals surface area contributed by atoms with Crippen molar-refractivity contribution in [2.75, 3.05) is 6.61 Å². The fraction of sp³-hybridized carbons (Fsp3) is 0.438. The number of hydrogen-bond acceptors (Lipinski definition) is 2. The maximum absolute atomic E-state index is 12.4. The number of carbonyl (C=O) groups is 1. The summed E-state index contributed by atoms with van der Waals surface area (Å²) in [6.07, 6.45) is 11.1. The summed E-state index contributed by atoms with van der Waals surface area (Å²) >= 11 is 0. The normalized spacial score (nSPS) is 25.6. The van der Waals surface area contributed by atoms with Crippen molar-refractivity contribution in [2.24, 2.45) is 0 Å². The van der Waals surface area contributed by atoms with Crippen LogP contribution in [0.4, 0.5) is 0 Å².